The van der Waals surface area contributed by atoms with E-state index in [1.807, 2.05) is 6.92 Å². The Morgan fingerprint density at radius 2 is 1.75 bits per heavy atom. The molecule has 0 bridgehead atoms. The zero-order valence-corrected chi connectivity index (χ0v) is 12.0. The van der Waals surface area contributed by atoms with Crippen molar-refractivity contribution >= 4 is 9.84 Å². The summed E-state index contributed by atoms with van der Waals surface area (Å²) in [5.41, 5.74) is 0.611. The van der Waals surface area contributed by atoms with Crippen LogP contribution in [0.25, 0.3) is 0 Å². The van der Waals surface area contributed by atoms with Crippen LogP contribution < -0.4 is 4.74 Å². The molecule has 1 aliphatic heterocycles. The van der Waals surface area contributed by atoms with Crippen LogP contribution in [-0.4, -0.2) is 15.5 Å². The molecule has 1 aliphatic rings. The standard InChI is InChI=1S/C15H14O4S/c1-10(18-2)11-6-5-8-13-15(11)20(16,17)14-9-4-3-7-12(14)19-13/h3-10H,1-2H3/t10-/m1/s1. The number of rotatable bonds is 2. The number of hydrogen-bond donors (Lipinski definition) is 0. The summed E-state index contributed by atoms with van der Waals surface area (Å²) in [5.74, 6) is 0.715. The Balaban J connectivity index is 2.31. The molecular formula is C15H14O4S. The second-order valence-corrected chi connectivity index (χ2v) is 6.46. The van der Waals surface area contributed by atoms with E-state index in [1.165, 1.54) is 0 Å². The second-order valence-electron chi connectivity index (χ2n) is 4.60. The first-order valence-corrected chi connectivity index (χ1v) is 7.71. The molecule has 0 N–H and O–H groups in total. The van der Waals surface area contributed by atoms with Crippen LogP contribution in [0, 0.1) is 0 Å². The normalized spacial score (nSPS) is 16.7. The molecule has 20 heavy (non-hydrogen) atoms. The number of sulfone groups is 1. The van der Waals surface area contributed by atoms with Gasteiger partial charge in [-0.25, -0.2) is 8.42 Å². The van der Waals surface area contributed by atoms with Gasteiger partial charge < -0.3 is 9.47 Å². The van der Waals surface area contributed by atoms with Crippen molar-refractivity contribution in [2.24, 2.45) is 0 Å². The van der Waals surface area contributed by atoms with Gasteiger partial charge in [0.25, 0.3) is 0 Å². The average Bonchev–Trinajstić information content (AvgIpc) is 2.46. The van der Waals surface area contributed by atoms with E-state index in [4.69, 9.17) is 9.47 Å². The molecule has 0 fully saturated rings. The molecule has 0 radical (unpaired) electrons. The molecule has 3 rings (SSSR count). The average molecular weight is 290 g/mol. The van der Waals surface area contributed by atoms with Gasteiger partial charge in [-0.3, -0.25) is 0 Å². The number of methoxy groups -OCH3 is 1. The van der Waals surface area contributed by atoms with Gasteiger partial charge in [0.2, 0.25) is 9.84 Å². The summed E-state index contributed by atoms with van der Waals surface area (Å²) >= 11 is 0. The van der Waals surface area contributed by atoms with Crippen molar-refractivity contribution in [3.05, 3.63) is 48.0 Å². The maximum absolute atomic E-state index is 12.8. The van der Waals surface area contributed by atoms with E-state index < -0.39 is 9.84 Å². The Morgan fingerprint density at radius 3 is 2.50 bits per heavy atom. The summed E-state index contributed by atoms with van der Waals surface area (Å²) < 4.78 is 36.6. The fourth-order valence-electron chi connectivity index (χ4n) is 2.33. The van der Waals surface area contributed by atoms with Crippen molar-refractivity contribution < 1.29 is 17.9 Å². The number of ether oxygens (including phenoxy) is 2. The van der Waals surface area contributed by atoms with Crippen molar-refractivity contribution in [2.45, 2.75) is 22.8 Å². The Labute approximate surface area is 117 Å². The molecule has 0 saturated heterocycles. The molecule has 0 aromatic heterocycles. The molecular weight excluding hydrogens is 276 g/mol. The molecule has 0 aliphatic carbocycles. The third-order valence-electron chi connectivity index (χ3n) is 3.43. The van der Waals surface area contributed by atoms with E-state index in [1.54, 1.807) is 49.6 Å². The van der Waals surface area contributed by atoms with Gasteiger partial charge in [-0.1, -0.05) is 24.3 Å². The highest BCUT2D eigenvalue weighted by Crippen LogP contribution is 2.45. The molecule has 4 nitrogen and oxygen atoms in total. The highest BCUT2D eigenvalue weighted by molar-refractivity contribution is 7.91. The summed E-state index contributed by atoms with van der Waals surface area (Å²) in [5, 5.41) is 0. The fourth-order valence-corrected chi connectivity index (χ4v) is 4.10. The number of para-hydroxylation sites is 1. The lowest BCUT2D eigenvalue weighted by Crippen LogP contribution is -2.15. The minimum Gasteiger partial charge on any atom is -0.455 e. The van der Waals surface area contributed by atoms with Crippen LogP contribution in [0.4, 0.5) is 0 Å². The second kappa shape index (κ2) is 4.61. The van der Waals surface area contributed by atoms with E-state index in [2.05, 4.69) is 0 Å². The minimum absolute atomic E-state index is 0.197. The minimum atomic E-state index is -3.59. The SMILES string of the molecule is CO[C@H](C)c1cccc2c1S(=O)(=O)c1ccccc1O2. The van der Waals surface area contributed by atoms with Crippen molar-refractivity contribution in [1.29, 1.82) is 0 Å². The zero-order chi connectivity index (χ0) is 14.3. The lowest BCUT2D eigenvalue weighted by Gasteiger charge is -2.24. The molecule has 2 aromatic rings. The lowest BCUT2D eigenvalue weighted by molar-refractivity contribution is 0.117. The Hall–Kier alpha value is -1.85. The van der Waals surface area contributed by atoms with Crippen LogP contribution in [0.5, 0.6) is 11.5 Å². The predicted octanol–water partition coefficient (Wildman–Crippen LogP) is 3.33. The zero-order valence-electron chi connectivity index (χ0n) is 11.2. The lowest BCUT2D eigenvalue weighted by atomic mass is 10.1. The maximum Gasteiger partial charge on any atom is 0.214 e. The van der Waals surface area contributed by atoms with E-state index >= 15 is 0 Å². The summed E-state index contributed by atoms with van der Waals surface area (Å²) in [4.78, 5) is 0.399. The van der Waals surface area contributed by atoms with Crippen LogP contribution >= 0.6 is 0 Å². The molecule has 5 heteroatoms. The maximum atomic E-state index is 12.8. The molecule has 1 atom stereocenters. The van der Waals surface area contributed by atoms with Crippen LogP contribution in [0.3, 0.4) is 0 Å². The molecule has 0 unspecified atom stereocenters. The van der Waals surface area contributed by atoms with Gasteiger partial charge >= 0.3 is 0 Å². The van der Waals surface area contributed by atoms with E-state index in [0.717, 1.165) is 0 Å². The highest BCUT2D eigenvalue weighted by Gasteiger charge is 2.34. The van der Waals surface area contributed by atoms with Crippen molar-refractivity contribution in [1.82, 2.24) is 0 Å². The summed E-state index contributed by atoms with van der Waals surface area (Å²) in [6, 6.07) is 11.8. The molecule has 104 valence electrons. The van der Waals surface area contributed by atoms with Gasteiger partial charge in [-0.05, 0) is 25.1 Å². The van der Waals surface area contributed by atoms with Crippen LogP contribution in [0.15, 0.2) is 52.3 Å². The van der Waals surface area contributed by atoms with Gasteiger partial charge in [0, 0.05) is 12.7 Å². The quantitative estimate of drug-likeness (QED) is 0.726. The van der Waals surface area contributed by atoms with E-state index in [9.17, 15) is 8.42 Å². The Kier molecular flexibility index (Phi) is 3.03. The van der Waals surface area contributed by atoms with Gasteiger partial charge in [0.05, 0.1) is 6.10 Å². The predicted molar refractivity (Wildman–Crippen MR) is 73.8 cm³/mol. The summed E-state index contributed by atoms with van der Waals surface area (Å²) in [6.07, 6.45) is -0.325. The Bertz CT molecular complexity index is 765. The first-order valence-electron chi connectivity index (χ1n) is 6.23. The topological polar surface area (TPSA) is 52.6 Å². The fraction of sp³-hybridized carbons (Fsp3) is 0.200. The van der Waals surface area contributed by atoms with Crippen molar-refractivity contribution in [3.8, 4) is 11.5 Å². The molecule has 0 saturated carbocycles. The number of hydrogen-bond acceptors (Lipinski definition) is 4. The van der Waals surface area contributed by atoms with Crippen LogP contribution in [0.2, 0.25) is 0 Å². The van der Waals surface area contributed by atoms with Crippen LogP contribution in [0.1, 0.15) is 18.6 Å². The number of benzene rings is 2. The number of fused-ring (bicyclic) bond motifs is 2. The highest BCUT2D eigenvalue weighted by atomic mass is 32.2. The first-order chi connectivity index (χ1) is 9.55. The third-order valence-corrected chi connectivity index (χ3v) is 5.32. The van der Waals surface area contributed by atoms with Gasteiger partial charge in [-0.15, -0.1) is 0 Å². The Morgan fingerprint density at radius 1 is 1.05 bits per heavy atom. The smallest absolute Gasteiger partial charge is 0.214 e. The molecule has 1 heterocycles. The summed E-state index contributed by atoms with van der Waals surface area (Å²) in [7, 11) is -2.04. The van der Waals surface area contributed by atoms with E-state index in [-0.39, 0.29) is 15.9 Å². The van der Waals surface area contributed by atoms with Crippen molar-refractivity contribution in [2.75, 3.05) is 7.11 Å². The largest absolute Gasteiger partial charge is 0.455 e. The molecule has 0 amide bonds. The third kappa shape index (κ3) is 1.82. The monoisotopic (exact) mass is 290 g/mol. The molecule has 0 spiro atoms. The van der Waals surface area contributed by atoms with Gasteiger partial charge in [0.15, 0.2) is 0 Å². The van der Waals surface area contributed by atoms with Crippen molar-refractivity contribution in [3.63, 3.8) is 0 Å². The van der Waals surface area contributed by atoms with Crippen LogP contribution in [-0.2, 0) is 14.6 Å². The van der Waals surface area contributed by atoms with Gasteiger partial charge in [-0.2, -0.15) is 0 Å². The van der Waals surface area contributed by atoms with Gasteiger partial charge in [0.1, 0.15) is 21.3 Å². The van der Waals surface area contributed by atoms with E-state index in [0.29, 0.717) is 17.1 Å². The molecule has 2 aromatic carbocycles. The summed E-state index contributed by atoms with van der Waals surface area (Å²) in [6.45, 7) is 1.81. The first kappa shape index (κ1) is 13.1.